The molecule has 4 rings (SSSR count). The first-order valence-corrected chi connectivity index (χ1v) is 11.9. The highest BCUT2D eigenvalue weighted by Crippen LogP contribution is 2.28. The van der Waals surface area contributed by atoms with Gasteiger partial charge in [0.2, 0.25) is 5.91 Å². The van der Waals surface area contributed by atoms with Crippen molar-refractivity contribution >= 4 is 53.8 Å². The number of aromatic nitrogens is 3. The van der Waals surface area contributed by atoms with Gasteiger partial charge in [0.15, 0.2) is 15.0 Å². The van der Waals surface area contributed by atoms with Gasteiger partial charge in [0.1, 0.15) is 12.2 Å². The third-order valence-corrected chi connectivity index (χ3v) is 6.90. The number of carbonyl (C=O) groups is 1. The van der Waals surface area contributed by atoms with Crippen LogP contribution in [0.1, 0.15) is 0 Å². The number of benzene rings is 1. The summed E-state index contributed by atoms with van der Waals surface area (Å²) in [5.74, 6) is -0.453. The molecule has 0 atom stereocenters. The number of amides is 1. The van der Waals surface area contributed by atoms with Crippen molar-refractivity contribution in [1.29, 1.82) is 0 Å². The van der Waals surface area contributed by atoms with Gasteiger partial charge >= 0.3 is 0 Å². The average molecular weight is 447 g/mol. The van der Waals surface area contributed by atoms with E-state index in [1.807, 2.05) is 17.5 Å². The molecule has 148 valence electrons. The second kappa shape index (κ2) is 7.50. The molecule has 1 amide bonds. The molecule has 4 aromatic rings. The van der Waals surface area contributed by atoms with Crippen molar-refractivity contribution in [1.82, 2.24) is 14.8 Å². The molecule has 0 aliphatic carbocycles. The van der Waals surface area contributed by atoms with E-state index in [0.29, 0.717) is 21.0 Å². The van der Waals surface area contributed by atoms with Gasteiger partial charge in [-0.15, -0.1) is 11.3 Å². The Balaban J connectivity index is 1.54. The van der Waals surface area contributed by atoms with Crippen LogP contribution < -0.4 is 10.9 Å². The van der Waals surface area contributed by atoms with E-state index >= 15 is 0 Å². The smallest absolute Gasteiger partial charge is 0.267 e. The second-order valence-electron chi connectivity index (χ2n) is 6.16. The fourth-order valence-electron chi connectivity index (χ4n) is 2.60. The lowest BCUT2D eigenvalue weighted by molar-refractivity contribution is -0.117. The van der Waals surface area contributed by atoms with Gasteiger partial charge in [-0.25, -0.2) is 18.1 Å². The van der Waals surface area contributed by atoms with Crippen molar-refractivity contribution in [2.24, 2.45) is 0 Å². The minimum absolute atomic E-state index is 0.188. The Kier molecular flexibility index (Phi) is 5.03. The molecule has 11 heteroatoms. The monoisotopic (exact) mass is 446 g/mol. The lowest BCUT2D eigenvalue weighted by Gasteiger charge is -2.05. The molecule has 8 nitrogen and oxygen atoms in total. The second-order valence-corrected chi connectivity index (χ2v) is 10.2. The molecule has 1 N–H and O–H groups in total. The van der Waals surface area contributed by atoms with Crippen molar-refractivity contribution in [2.45, 2.75) is 11.4 Å². The molecule has 3 aromatic heterocycles. The van der Waals surface area contributed by atoms with Crippen LogP contribution in [0.25, 0.3) is 20.8 Å². The van der Waals surface area contributed by atoms with Gasteiger partial charge in [0.25, 0.3) is 5.56 Å². The summed E-state index contributed by atoms with van der Waals surface area (Å²) in [6.07, 6.45) is 1.13. The summed E-state index contributed by atoms with van der Waals surface area (Å²) < 4.78 is 25.1. The molecule has 0 saturated carbocycles. The molecule has 1 aromatic carbocycles. The van der Waals surface area contributed by atoms with Crippen LogP contribution in [0, 0.1) is 0 Å². The van der Waals surface area contributed by atoms with Crippen LogP contribution in [-0.2, 0) is 21.2 Å². The Morgan fingerprint density at radius 3 is 2.76 bits per heavy atom. The molecule has 0 fully saturated rings. The molecule has 0 radical (unpaired) electrons. The van der Waals surface area contributed by atoms with Crippen LogP contribution in [0.5, 0.6) is 0 Å². The van der Waals surface area contributed by atoms with Gasteiger partial charge in [-0.1, -0.05) is 17.4 Å². The molecule has 0 unspecified atom stereocenters. The summed E-state index contributed by atoms with van der Waals surface area (Å²) in [7, 11) is -3.33. The number of nitrogens with zero attached hydrogens (tertiary/aromatic N) is 3. The molecule has 0 spiro atoms. The standard InChI is InChI=1S/C18H14N4O4S3/c1-29(25,26)11-4-5-12-15(9-11)28-18(19-12)20-16(23)10-22-17(24)7-6-13(21-22)14-3-2-8-27-14/h2-9H,10H2,1H3,(H,19,20,23). The highest BCUT2D eigenvalue weighted by atomic mass is 32.2. The van der Waals surface area contributed by atoms with Crippen LogP contribution in [0.4, 0.5) is 5.13 Å². The number of rotatable bonds is 5. The average Bonchev–Trinajstić information content (AvgIpc) is 3.31. The molecule has 0 saturated heterocycles. The first-order chi connectivity index (χ1) is 13.8. The summed E-state index contributed by atoms with van der Waals surface area (Å²) in [5.41, 5.74) is 0.802. The predicted molar refractivity (Wildman–Crippen MR) is 113 cm³/mol. The van der Waals surface area contributed by atoms with Crippen molar-refractivity contribution in [3.8, 4) is 10.6 Å². The van der Waals surface area contributed by atoms with E-state index < -0.39 is 15.7 Å². The number of sulfone groups is 1. The van der Waals surface area contributed by atoms with Gasteiger partial charge in [-0.2, -0.15) is 5.10 Å². The molecular weight excluding hydrogens is 432 g/mol. The number of anilines is 1. The van der Waals surface area contributed by atoms with Gasteiger partial charge in [0.05, 0.1) is 20.0 Å². The largest absolute Gasteiger partial charge is 0.300 e. The molecular formula is C18H14N4O4S3. The Morgan fingerprint density at radius 1 is 1.21 bits per heavy atom. The maximum Gasteiger partial charge on any atom is 0.267 e. The van der Waals surface area contributed by atoms with E-state index in [4.69, 9.17) is 0 Å². The van der Waals surface area contributed by atoms with Crippen LogP contribution in [0.15, 0.2) is 57.5 Å². The zero-order valence-electron chi connectivity index (χ0n) is 15.0. The maximum atomic E-state index is 12.4. The third-order valence-electron chi connectivity index (χ3n) is 3.97. The number of thiazole rings is 1. The number of hydrogen-bond donors (Lipinski definition) is 1. The van der Waals surface area contributed by atoms with E-state index in [9.17, 15) is 18.0 Å². The fraction of sp³-hybridized carbons (Fsp3) is 0.111. The quantitative estimate of drug-likeness (QED) is 0.504. The summed E-state index contributed by atoms with van der Waals surface area (Å²) in [5, 5.41) is 9.11. The predicted octanol–water partition coefficient (Wildman–Crippen LogP) is 2.62. The first-order valence-electron chi connectivity index (χ1n) is 8.32. The molecule has 0 bridgehead atoms. The molecule has 0 aliphatic rings. The first kappa shape index (κ1) is 19.4. The summed E-state index contributed by atoms with van der Waals surface area (Å²) in [6, 6.07) is 11.3. The van der Waals surface area contributed by atoms with Crippen molar-refractivity contribution in [3.63, 3.8) is 0 Å². The van der Waals surface area contributed by atoms with Crippen LogP contribution in [0.3, 0.4) is 0 Å². The number of fused-ring (bicyclic) bond motifs is 1. The Morgan fingerprint density at radius 2 is 2.03 bits per heavy atom. The van der Waals surface area contributed by atoms with Crippen LogP contribution in [-0.4, -0.2) is 35.3 Å². The third kappa shape index (κ3) is 4.26. The zero-order valence-corrected chi connectivity index (χ0v) is 17.5. The Labute approximate surface area is 173 Å². The minimum Gasteiger partial charge on any atom is -0.300 e. The van der Waals surface area contributed by atoms with Crippen molar-refractivity contribution in [2.75, 3.05) is 11.6 Å². The van der Waals surface area contributed by atoms with Crippen LogP contribution in [0.2, 0.25) is 0 Å². The lowest BCUT2D eigenvalue weighted by atomic mass is 10.3. The van der Waals surface area contributed by atoms with E-state index in [-0.39, 0.29) is 17.0 Å². The highest BCUT2D eigenvalue weighted by molar-refractivity contribution is 7.90. The topological polar surface area (TPSA) is 111 Å². The zero-order chi connectivity index (χ0) is 20.6. The number of carbonyl (C=O) groups excluding carboxylic acids is 1. The van der Waals surface area contributed by atoms with E-state index in [1.54, 1.807) is 12.1 Å². The maximum absolute atomic E-state index is 12.4. The fourth-order valence-corrected chi connectivity index (χ4v) is 4.94. The minimum atomic E-state index is -3.33. The van der Waals surface area contributed by atoms with Gasteiger partial charge in [0, 0.05) is 12.3 Å². The molecule has 0 aliphatic heterocycles. The summed E-state index contributed by atoms with van der Waals surface area (Å²) in [6.45, 7) is -0.261. The molecule has 3 heterocycles. The highest BCUT2D eigenvalue weighted by Gasteiger charge is 2.13. The molecule has 29 heavy (non-hydrogen) atoms. The SMILES string of the molecule is CS(=O)(=O)c1ccc2nc(NC(=O)Cn3nc(-c4cccs4)ccc3=O)sc2c1. The summed E-state index contributed by atoms with van der Waals surface area (Å²) in [4.78, 5) is 29.8. The number of nitrogens with one attached hydrogen (secondary N) is 1. The van der Waals surface area contributed by atoms with Gasteiger partial charge < -0.3 is 5.32 Å². The Hall–Kier alpha value is -2.89. The normalized spacial score (nSPS) is 11.6. The number of thiophene rings is 1. The number of hydrogen-bond acceptors (Lipinski definition) is 8. The van der Waals surface area contributed by atoms with E-state index in [2.05, 4.69) is 15.4 Å². The Bertz CT molecular complexity index is 1370. The van der Waals surface area contributed by atoms with Crippen molar-refractivity contribution in [3.05, 3.63) is 58.2 Å². The van der Waals surface area contributed by atoms with E-state index in [0.717, 1.165) is 27.2 Å². The summed E-state index contributed by atoms with van der Waals surface area (Å²) >= 11 is 2.65. The van der Waals surface area contributed by atoms with Crippen molar-refractivity contribution < 1.29 is 13.2 Å². The van der Waals surface area contributed by atoms with Crippen LogP contribution >= 0.6 is 22.7 Å². The van der Waals surface area contributed by atoms with E-state index in [1.165, 1.54) is 29.5 Å². The van der Waals surface area contributed by atoms with Gasteiger partial charge in [-0.3, -0.25) is 9.59 Å². The lowest BCUT2D eigenvalue weighted by Crippen LogP contribution is -2.29. The van der Waals surface area contributed by atoms with Gasteiger partial charge in [-0.05, 0) is 35.7 Å².